The standard InChI is InChI=1S/C20H23ClN2O4/c1-25-18-9-8-14(11-16(18)21)22-12-20(24)23-17-6-2-3-7-19(17)27-13-15-5-4-10-26-15/h2-3,6-9,11,15,22H,4-5,10,12-13H2,1H3,(H,23,24). The van der Waals surface area contributed by atoms with Gasteiger partial charge >= 0.3 is 0 Å². The van der Waals surface area contributed by atoms with Gasteiger partial charge in [0.15, 0.2) is 0 Å². The van der Waals surface area contributed by atoms with Crippen molar-refractivity contribution in [2.45, 2.75) is 18.9 Å². The number of nitrogens with one attached hydrogen (secondary N) is 2. The Kier molecular flexibility index (Phi) is 6.79. The molecule has 1 aliphatic heterocycles. The number of ether oxygens (including phenoxy) is 3. The summed E-state index contributed by atoms with van der Waals surface area (Å²) in [6, 6.07) is 12.6. The van der Waals surface area contributed by atoms with Gasteiger partial charge in [0.25, 0.3) is 0 Å². The lowest BCUT2D eigenvalue weighted by Gasteiger charge is -2.15. The van der Waals surface area contributed by atoms with E-state index in [4.69, 9.17) is 25.8 Å². The van der Waals surface area contributed by atoms with Gasteiger partial charge in [-0.3, -0.25) is 4.79 Å². The summed E-state index contributed by atoms with van der Waals surface area (Å²) < 4.78 is 16.5. The molecule has 1 fully saturated rings. The summed E-state index contributed by atoms with van der Waals surface area (Å²) in [6.07, 6.45) is 2.19. The number of rotatable bonds is 8. The summed E-state index contributed by atoms with van der Waals surface area (Å²) in [7, 11) is 1.56. The van der Waals surface area contributed by atoms with E-state index in [2.05, 4.69) is 10.6 Å². The van der Waals surface area contributed by atoms with E-state index in [9.17, 15) is 4.79 Å². The van der Waals surface area contributed by atoms with Crippen molar-refractivity contribution in [3.63, 3.8) is 0 Å². The van der Waals surface area contributed by atoms with Crippen LogP contribution >= 0.6 is 11.6 Å². The van der Waals surface area contributed by atoms with Crippen molar-refractivity contribution in [1.82, 2.24) is 0 Å². The van der Waals surface area contributed by atoms with Gasteiger partial charge in [0.1, 0.15) is 18.1 Å². The number of halogens is 1. The molecule has 0 saturated carbocycles. The second kappa shape index (κ2) is 9.48. The fourth-order valence-corrected chi connectivity index (χ4v) is 3.07. The largest absolute Gasteiger partial charge is 0.495 e. The molecule has 1 unspecified atom stereocenters. The molecule has 7 heteroatoms. The quantitative estimate of drug-likeness (QED) is 0.714. The van der Waals surface area contributed by atoms with Crippen LogP contribution in [-0.2, 0) is 9.53 Å². The van der Waals surface area contributed by atoms with Gasteiger partial charge in [0.05, 0.1) is 30.5 Å². The first-order valence-corrected chi connectivity index (χ1v) is 9.24. The first-order valence-electron chi connectivity index (χ1n) is 8.86. The smallest absolute Gasteiger partial charge is 0.243 e. The highest BCUT2D eigenvalue weighted by atomic mass is 35.5. The molecule has 0 spiro atoms. The third-order valence-corrected chi connectivity index (χ3v) is 4.51. The number of anilines is 2. The van der Waals surface area contributed by atoms with Gasteiger partial charge in [-0.05, 0) is 43.2 Å². The molecule has 0 aromatic heterocycles. The van der Waals surface area contributed by atoms with Crippen LogP contribution in [0.25, 0.3) is 0 Å². The fraction of sp³-hybridized carbons (Fsp3) is 0.350. The highest BCUT2D eigenvalue weighted by Gasteiger charge is 2.17. The SMILES string of the molecule is COc1ccc(NCC(=O)Nc2ccccc2OCC2CCCO2)cc1Cl. The number of para-hydroxylation sites is 2. The van der Waals surface area contributed by atoms with Gasteiger partial charge in [0, 0.05) is 12.3 Å². The normalized spacial score (nSPS) is 16.0. The number of benzene rings is 2. The first kappa shape index (κ1) is 19.3. The van der Waals surface area contributed by atoms with Crippen molar-refractivity contribution in [2.75, 3.05) is 37.5 Å². The van der Waals surface area contributed by atoms with Crippen LogP contribution in [0.3, 0.4) is 0 Å². The third-order valence-electron chi connectivity index (χ3n) is 4.21. The Morgan fingerprint density at radius 1 is 1.26 bits per heavy atom. The third kappa shape index (κ3) is 5.52. The highest BCUT2D eigenvalue weighted by Crippen LogP contribution is 2.27. The monoisotopic (exact) mass is 390 g/mol. The van der Waals surface area contributed by atoms with Crippen LogP contribution in [-0.4, -0.2) is 38.9 Å². The van der Waals surface area contributed by atoms with Gasteiger partial charge < -0.3 is 24.8 Å². The Bertz CT molecular complexity index is 778. The van der Waals surface area contributed by atoms with E-state index in [-0.39, 0.29) is 18.6 Å². The van der Waals surface area contributed by atoms with Gasteiger partial charge in [-0.15, -0.1) is 0 Å². The van der Waals surface area contributed by atoms with E-state index in [0.717, 1.165) is 25.1 Å². The molecule has 2 N–H and O–H groups in total. The van der Waals surface area contributed by atoms with Crippen molar-refractivity contribution in [1.29, 1.82) is 0 Å². The maximum Gasteiger partial charge on any atom is 0.243 e. The molecular formula is C20H23ClN2O4. The minimum Gasteiger partial charge on any atom is -0.495 e. The van der Waals surface area contributed by atoms with Crippen molar-refractivity contribution >= 4 is 28.9 Å². The Hall–Kier alpha value is -2.44. The summed E-state index contributed by atoms with van der Waals surface area (Å²) in [5.41, 5.74) is 1.37. The Labute approximate surface area is 163 Å². The molecule has 1 heterocycles. The van der Waals surface area contributed by atoms with Crippen LogP contribution in [0.15, 0.2) is 42.5 Å². The molecule has 1 saturated heterocycles. The zero-order valence-electron chi connectivity index (χ0n) is 15.2. The Morgan fingerprint density at radius 2 is 2.11 bits per heavy atom. The van der Waals surface area contributed by atoms with E-state index in [0.29, 0.717) is 28.8 Å². The van der Waals surface area contributed by atoms with E-state index in [1.54, 1.807) is 25.3 Å². The molecule has 0 aliphatic carbocycles. The Balaban J connectivity index is 1.53. The number of hydrogen-bond acceptors (Lipinski definition) is 5. The topological polar surface area (TPSA) is 68.8 Å². The lowest BCUT2D eigenvalue weighted by molar-refractivity contribution is -0.114. The van der Waals surface area contributed by atoms with Crippen molar-refractivity contribution in [3.05, 3.63) is 47.5 Å². The number of amides is 1. The molecule has 0 bridgehead atoms. The number of carbonyl (C=O) groups excluding carboxylic acids is 1. The second-order valence-electron chi connectivity index (χ2n) is 6.19. The average molecular weight is 391 g/mol. The Morgan fingerprint density at radius 3 is 2.85 bits per heavy atom. The van der Waals surface area contributed by atoms with Gasteiger partial charge in [-0.25, -0.2) is 0 Å². The van der Waals surface area contributed by atoms with Crippen molar-refractivity contribution in [3.8, 4) is 11.5 Å². The molecule has 1 amide bonds. The molecular weight excluding hydrogens is 368 g/mol. The lowest BCUT2D eigenvalue weighted by Crippen LogP contribution is -2.22. The molecule has 144 valence electrons. The van der Waals surface area contributed by atoms with Crippen LogP contribution in [0.2, 0.25) is 5.02 Å². The molecule has 6 nitrogen and oxygen atoms in total. The number of hydrogen-bond donors (Lipinski definition) is 2. The molecule has 2 aromatic carbocycles. The molecule has 3 rings (SSSR count). The maximum absolute atomic E-state index is 12.3. The summed E-state index contributed by atoms with van der Waals surface area (Å²) in [4.78, 5) is 12.3. The number of carbonyl (C=O) groups is 1. The van der Waals surface area contributed by atoms with Crippen molar-refractivity contribution < 1.29 is 19.0 Å². The minimum atomic E-state index is -0.185. The molecule has 2 aromatic rings. The summed E-state index contributed by atoms with van der Waals surface area (Å²) in [5.74, 6) is 1.04. The van der Waals surface area contributed by atoms with Gasteiger partial charge in [-0.1, -0.05) is 23.7 Å². The fourth-order valence-electron chi connectivity index (χ4n) is 2.81. The van der Waals surface area contributed by atoms with Crippen LogP contribution in [0, 0.1) is 0 Å². The van der Waals surface area contributed by atoms with E-state index >= 15 is 0 Å². The van der Waals surface area contributed by atoms with Crippen LogP contribution in [0.1, 0.15) is 12.8 Å². The maximum atomic E-state index is 12.3. The van der Waals surface area contributed by atoms with Gasteiger partial charge in [0.2, 0.25) is 5.91 Å². The van der Waals surface area contributed by atoms with Gasteiger partial charge in [-0.2, -0.15) is 0 Å². The highest BCUT2D eigenvalue weighted by molar-refractivity contribution is 6.32. The predicted molar refractivity (Wildman–Crippen MR) is 106 cm³/mol. The van der Waals surface area contributed by atoms with Crippen LogP contribution in [0.5, 0.6) is 11.5 Å². The summed E-state index contributed by atoms with van der Waals surface area (Å²) >= 11 is 6.09. The zero-order valence-corrected chi connectivity index (χ0v) is 15.9. The predicted octanol–water partition coefficient (Wildman–Crippen LogP) is 3.96. The summed E-state index contributed by atoms with van der Waals surface area (Å²) in [6.45, 7) is 1.37. The minimum absolute atomic E-state index is 0.0999. The van der Waals surface area contributed by atoms with Crippen LogP contribution < -0.4 is 20.1 Å². The van der Waals surface area contributed by atoms with Crippen LogP contribution in [0.4, 0.5) is 11.4 Å². The zero-order chi connectivity index (χ0) is 19.1. The number of methoxy groups -OCH3 is 1. The molecule has 1 aliphatic rings. The van der Waals surface area contributed by atoms with E-state index < -0.39 is 0 Å². The van der Waals surface area contributed by atoms with E-state index in [1.807, 2.05) is 24.3 Å². The average Bonchev–Trinajstić information content (AvgIpc) is 3.19. The molecule has 1 atom stereocenters. The summed E-state index contributed by atoms with van der Waals surface area (Å²) in [5, 5.41) is 6.39. The van der Waals surface area contributed by atoms with E-state index in [1.165, 1.54) is 0 Å². The molecule has 0 radical (unpaired) electrons. The first-order chi connectivity index (χ1) is 13.2. The molecule has 27 heavy (non-hydrogen) atoms. The lowest BCUT2D eigenvalue weighted by atomic mass is 10.2. The second-order valence-corrected chi connectivity index (χ2v) is 6.60. The van der Waals surface area contributed by atoms with Crippen molar-refractivity contribution in [2.24, 2.45) is 0 Å².